The predicted molar refractivity (Wildman–Crippen MR) is 70.8 cm³/mol. The smallest absolute Gasteiger partial charge is 0.323 e. The fourth-order valence-electron chi connectivity index (χ4n) is 2.12. The molecule has 1 aliphatic heterocycles. The van der Waals surface area contributed by atoms with Crippen molar-refractivity contribution < 1.29 is 14.6 Å². The van der Waals surface area contributed by atoms with E-state index in [0.29, 0.717) is 12.5 Å². The van der Waals surface area contributed by atoms with Gasteiger partial charge in [-0.2, -0.15) is 0 Å². The van der Waals surface area contributed by atoms with Crippen LogP contribution in [-0.4, -0.2) is 60.9 Å². The van der Waals surface area contributed by atoms with Crippen LogP contribution in [0.3, 0.4) is 0 Å². The van der Waals surface area contributed by atoms with Crippen molar-refractivity contribution in [1.29, 1.82) is 0 Å². The molecular formula is C13H26N2O3. The number of rotatable bonds is 8. The quantitative estimate of drug-likeness (QED) is 0.678. The number of likely N-dealkylation sites (N-methyl/N-ethyl adjacent to an activating group) is 1. The fraction of sp³-hybridized carbons (Fsp3) is 0.923. The molecule has 1 aliphatic rings. The summed E-state index contributed by atoms with van der Waals surface area (Å²) < 4.78 is 5.35. The van der Waals surface area contributed by atoms with E-state index in [-0.39, 0.29) is 0 Å². The molecule has 0 aromatic carbocycles. The number of nitrogens with zero attached hydrogens (tertiary/aromatic N) is 1. The second-order valence-corrected chi connectivity index (χ2v) is 5.31. The molecule has 0 aromatic heterocycles. The number of carbonyl (C=O) groups is 1. The van der Waals surface area contributed by atoms with Gasteiger partial charge >= 0.3 is 5.97 Å². The van der Waals surface area contributed by atoms with Gasteiger partial charge in [-0.3, -0.25) is 4.79 Å². The third-order valence-corrected chi connectivity index (χ3v) is 3.73. The van der Waals surface area contributed by atoms with E-state index in [1.807, 2.05) is 14.0 Å². The van der Waals surface area contributed by atoms with E-state index in [0.717, 1.165) is 39.1 Å². The van der Waals surface area contributed by atoms with Crippen molar-refractivity contribution in [2.24, 2.45) is 0 Å². The molecule has 0 aliphatic carbocycles. The zero-order valence-corrected chi connectivity index (χ0v) is 11.7. The molecule has 5 heteroatoms. The summed E-state index contributed by atoms with van der Waals surface area (Å²) in [6, 6.07) is 0.439. The molecule has 2 atom stereocenters. The van der Waals surface area contributed by atoms with E-state index in [9.17, 15) is 9.90 Å². The normalized spacial score (nSPS) is 23.2. The lowest BCUT2D eigenvalue weighted by atomic mass is 9.97. The Balaban J connectivity index is 2.43. The summed E-state index contributed by atoms with van der Waals surface area (Å²) in [4.78, 5) is 13.6. The lowest BCUT2D eigenvalue weighted by molar-refractivity contribution is -0.144. The van der Waals surface area contributed by atoms with Gasteiger partial charge in [0, 0.05) is 19.2 Å². The Morgan fingerprint density at radius 2 is 2.33 bits per heavy atom. The van der Waals surface area contributed by atoms with E-state index in [1.54, 1.807) is 6.92 Å². The highest BCUT2D eigenvalue weighted by molar-refractivity contribution is 5.78. The lowest BCUT2D eigenvalue weighted by Crippen LogP contribution is -2.52. The number of ether oxygens (including phenoxy) is 1. The minimum absolute atomic E-state index is 0.439. The van der Waals surface area contributed by atoms with Crippen LogP contribution in [0.25, 0.3) is 0 Å². The molecule has 0 spiro atoms. The maximum Gasteiger partial charge on any atom is 0.323 e. The monoisotopic (exact) mass is 258 g/mol. The Morgan fingerprint density at radius 3 is 2.83 bits per heavy atom. The largest absolute Gasteiger partial charge is 0.480 e. The Labute approximate surface area is 109 Å². The van der Waals surface area contributed by atoms with Crippen molar-refractivity contribution in [3.8, 4) is 0 Å². The SMILES string of the molecule is CCCNC(C)(CCN(C)C1CCOC1)C(=O)O. The Kier molecular flexibility index (Phi) is 6.05. The van der Waals surface area contributed by atoms with Crippen LogP contribution in [0.1, 0.15) is 33.1 Å². The van der Waals surface area contributed by atoms with Crippen molar-refractivity contribution in [2.45, 2.75) is 44.7 Å². The van der Waals surface area contributed by atoms with Gasteiger partial charge in [0.05, 0.1) is 6.61 Å². The van der Waals surface area contributed by atoms with Crippen molar-refractivity contribution >= 4 is 5.97 Å². The van der Waals surface area contributed by atoms with E-state index < -0.39 is 11.5 Å². The summed E-state index contributed by atoms with van der Waals surface area (Å²) in [7, 11) is 2.04. The first-order valence-electron chi connectivity index (χ1n) is 6.76. The molecule has 0 aromatic rings. The van der Waals surface area contributed by atoms with Crippen LogP contribution in [0, 0.1) is 0 Å². The van der Waals surface area contributed by atoms with E-state index >= 15 is 0 Å². The first kappa shape index (κ1) is 15.4. The van der Waals surface area contributed by atoms with Crippen LogP contribution in [0.5, 0.6) is 0 Å². The lowest BCUT2D eigenvalue weighted by Gasteiger charge is -2.30. The minimum atomic E-state index is -0.830. The van der Waals surface area contributed by atoms with Gasteiger partial charge in [-0.15, -0.1) is 0 Å². The predicted octanol–water partition coefficient (Wildman–Crippen LogP) is 0.940. The summed E-state index contributed by atoms with van der Waals surface area (Å²) in [6.45, 7) is 6.90. The van der Waals surface area contributed by atoms with Gasteiger partial charge in [0.2, 0.25) is 0 Å². The van der Waals surface area contributed by atoms with Crippen LogP contribution in [-0.2, 0) is 9.53 Å². The number of nitrogens with one attached hydrogen (secondary N) is 1. The molecule has 1 fully saturated rings. The fourth-order valence-corrected chi connectivity index (χ4v) is 2.12. The van der Waals surface area contributed by atoms with Gasteiger partial charge in [-0.25, -0.2) is 0 Å². The van der Waals surface area contributed by atoms with Gasteiger partial charge in [0.1, 0.15) is 5.54 Å². The third kappa shape index (κ3) is 4.23. The van der Waals surface area contributed by atoms with Crippen LogP contribution < -0.4 is 5.32 Å². The molecule has 1 saturated heterocycles. The van der Waals surface area contributed by atoms with Gasteiger partial charge in [0.25, 0.3) is 0 Å². The highest BCUT2D eigenvalue weighted by Gasteiger charge is 2.33. The maximum absolute atomic E-state index is 11.4. The van der Waals surface area contributed by atoms with Crippen LogP contribution in [0.4, 0.5) is 0 Å². The Hall–Kier alpha value is -0.650. The summed E-state index contributed by atoms with van der Waals surface area (Å²) in [5.41, 5.74) is -0.830. The topological polar surface area (TPSA) is 61.8 Å². The van der Waals surface area contributed by atoms with Gasteiger partial charge in [-0.1, -0.05) is 6.92 Å². The summed E-state index contributed by atoms with van der Waals surface area (Å²) >= 11 is 0. The molecule has 0 amide bonds. The standard InChI is InChI=1S/C13H26N2O3/c1-4-7-14-13(2,12(16)17)6-8-15(3)11-5-9-18-10-11/h11,14H,4-10H2,1-3H3,(H,16,17). The van der Waals surface area contributed by atoms with E-state index in [1.165, 1.54) is 0 Å². The molecule has 0 bridgehead atoms. The Bertz CT molecular complexity index is 267. The van der Waals surface area contributed by atoms with Gasteiger partial charge in [0.15, 0.2) is 0 Å². The highest BCUT2D eigenvalue weighted by Crippen LogP contribution is 2.15. The molecule has 0 radical (unpaired) electrons. The average molecular weight is 258 g/mol. The molecule has 2 N–H and O–H groups in total. The van der Waals surface area contributed by atoms with Crippen molar-refractivity contribution in [3.05, 3.63) is 0 Å². The van der Waals surface area contributed by atoms with E-state index in [2.05, 4.69) is 10.2 Å². The van der Waals surface area contributed by atoms with Gasteiger partial charge < -0.3 is 20.1 Å². The maximum atomic E-state index is 11.4. The number of aliphatic carboxylic acids is 1. The average Bonchev–Trinajstić information content (AvgIpc) is 2.87. The first-order valence-corrected chi connectivity index (χ1v) is 6.76. The summed E-state index contributed by atoms with van der Waals surface area (Å²) in [5, 5.41) is 12.5. The Morgan fingerprint density at radius 1 is 1.61 bits per heavy atom. The zero-order chi connectivity index (χ0) is 13.6. The number of hydrogen-bond acceptors (Lipinski definition) is 4. The summed E-state index contributed by atoms with van der Waals surface area (Å²) in [5.74, 6) is -0.771. The first-order chi connectivity index (χ1) is 8.49. The third-order valence-electron chi connectivity index (χ3n) is 3.73. The zero-order valence-electron chi connectivity index (χ0n) is 11.7. The highest BCUT2D eigenvalue weighted by atomic mass is 16.5. The molecule has 106 valence electrons. The second-order valence-electron chi connectivity index (χ2n) is 5.31. The van der Waals surface area contributed by atoms with Crippen LogP contribution in [0.2, 0.25) is 0 Å². The molecule has 0 saturated carbocycles. The summed E-state index contributed by atoms with van der Waals surface area (Å²) in [6.07, 6.45) is 2.59. The number of hydrogen-bond donors (Lipinski definition) is 2. The second kappa shape index (κ2) is 7.07. The number of carboxylic acids is 1. The van der Waals surface area contributed by atoms with Crippen molar-refractivity contribution in [2.75, 3.05) is 33.4 Å². The minimum Gasteiger partial charge on any atom is -0.480 e. The van der Waals surface area contributed by atoms with Crippen LogP contribution in [0.15, 0.2) is 0 Å². The molecule has 2 unspecified atom stereocenters. The van der Waals surface area contributed by atoms with Crippen molar-refractivity contribution in [3.63, 3.8) is 0 Å². The molecular weight excluding hydrogens is 232 g/mol. The number of carboxylic acid groups (broad SMARTS) is 1. The van der Waals surface area contributed by atoms with Gasteiger partial charge in [-0.05, 0) is 39.8 Å². The molecule has 1 rings (SSSR count). The van der Waals surface area contributed by atoms with E-state index in [4.69, 9.17) is 4.74 Å². The molecule has 5 nitrogen and oxygen atoms in total. The molecule has 18 heavy (non-hydrogen) atoms. The molecule has 1 heterocycles. The van der Waals surface area contributed by atoms with Crippen molar-refractivity contribution in [1.82, 2.24) is 10.2 Å². The van der Waals surface area contributed by atoms with Crippen LogP contribution >= 0.6 is 0 Å².